The molecule has 2 fully saturated rings. The standard InChI is InChI=1S/C20H28BrN3O2/c1-15(2)22-11-13-24(14-12-22)20(26)17-7-9-23(10-8-17)19(25)16-3-5-18(21)6-4-16/h3-6,15,17H,7-14H2,1-2H3. The minimum Gasteiger partial charge on any atom is -0.340 e. The lowest BCUT2D eigenvalue weighted by Crippen LogP contribution is -2.53. The molecule has 3 rings (SSSR count). The smallest absolute Gasteiger partial charge is 0.253 e. The van der Waals surface area contributed by atoms with E-state index in [4.69, 9.17) is 0 Å². The van der Waals surface area contributed by atoms with Crippen molar-refractivity contribution < 1.29 is 9.59 Å². The summed E-state index contributed by atoms with van der Waals surface area (Å²) in [6.45, 7) is 9.32. The van der Waals surface area contributed by atoms with E-state index >= 15 is 0 Å². The van der Waals surface area contributed by atoms with Gasteiger partial charge in [0.1, 0.15) is 0 Å². The molecule has 0 bridgehead atoms. The molecule has 0 aromatic heterocycles. The molecule has 2 saturated heterocycles. The maximum atomic E-state index is 12.8. The minimum atomic E-state index is 0.0638. The van der Waals surface area contributed by atoms with Gasteiger partial charge in [-0.2, -0.15) is 0 Å². The summed E-state index contributed by atoms with van der Waals surface area (Å²) in [5.74, 6) is 0.410. The van der Waals surface area contributed by atoms with Crippen LogP contribution in [0, 0.1) is 5.92 Å². The molecule has 6 heteroatoms. The molecule has 142 valence electrons. The van der Waals surface area contributed by atoms with Gasteiger partial charge in [-0.15, -0.1) is 0 Å². The van der Waals surface area contributed by atoms with Crippen molar-refractivity contribution in [3.63, 3.8) is 0 Å². The van der Waals surface area contributed by atoms with Crippen LogP contribution in [0.5, 0.6) is 0 Å². The van der Waals surface area contributed by atoms with Crippen LogP contribution in [0.25, 0.3) is 0 Å². The molecule has 0 N–H and O–H groups in total. The fourth-order valence-corrected chi connectivity index (χ4v) is 4.09. The van der Waals surface area contributed by atoms with Gasteiger partial charge in [0.25, 0.3) is 5.91 Å². The number of carbonyl (C=O) groups is 2. The molecule has 2 aliphatic heterocycles. The lowest BCUT2D eigenvalue weighted by molar-refractivity contribution is -0.139. The van der Waals surface area contributed by atoms with Crippen molar-refractivity contribution in [2.45, 2.75) is 32.7 Å². The van der Waals surface area contributed by atoms with Gasteiger partial charge in [-0.3, -0.25) is 14.5 Å². The van der Waals surface area contributed by atoms with Crippen molar-refractivity contribution in [1.82, 2.24) is 14.7 Å². The van der Waals surface area contributed by atoms with Crippen molar-refractivity contribution in [2.75, 3.05) is 39.3 Å². The Morgan fingerprint density at radius 1 is 0.923 bits per heavy atom. The summed E-state index contributed by atoms with van der Waals surface area (Å²) < 4.78 is 0.968. The van der Waals surface area contributed by atoms with Gasteiger partial charge in [0, 0.05) is 61.3 Å². The number of nitrogens with zero attached hydrogens (tertiary/aromatic N) is 3. The molecule has 0 saturated carbocycles. The number of carbonyl (C=O) groups excluding carboxylic acids is 2. The summed E-state index contributed by atoms with van der Waals surface area (Å²) in [7, 11) is 0. The number of hydrogen-bond acceptors (Lipinski definition) is 3. The molecular weight excluding hydrogens is 394 g/mol. The first-order chi connectivity index (χ1) is 12.5. The van der Waals surface area contributed by atoms with Crippen LogP contribution in [0.2, 0.25) is 0 Å². The van der Waals surface area contributed by atoms with Crippen LogP contribution in [0.15, 0.2) is 28.7 Å². The Morgan fingerprint density at radius 3 is 2.04 bits per heavy atom. The highest BCUT2D eigenvalue weighted by atomic mass is 79.9. The van der Waals surface area contributed by atoms with Crippen molar-refractivity contribution in [3.05, 3.63) is 34.3 Å². The fourth-order valence-electron chi connectivity index (χ4n) is 3.82. The first-order valence-corrected chi connectivity index (χ1v) is 10.3. The summed E-state index contributed by atoms with van der Waals surface area (Å²) in [4.78, 5) is 31.7. The summed E-state index contributed by atoms with van der Waals surface area (Å²) in [6, 6.07) is 8.01. The summed E-state index contributed by atoms with van der Waals surface area (Å²) in [5.41, 5.74) is 0.711. The second kappa shape index (κ2) is 8.53. The van der Waals surface area contributed by atoms with E-state index in [1.54, 1.807) is 0 Å². The molecular formula is C20H28BrN3O2. The van der Waals surface area contributed by atoms with E-state index in [2.05, 4.69) is 34.7 Å². The van der Waals surface area contributed by atoms with Gasteiger partial charge in [0.05, 0.1) is 0 Å². The zero-order valence-corrected chi connectivity index (χ0v) is 17.2. The molecule has 2 amide bonds. The van der Waals surface area contributed by atoms with Crippen molar-refractivity contribution in [2.24, 2.45) is 5.92 Å². The predicted molar refractivity (Wildman–Crippen MR) is 106 cm³/mol. The summed E-state index contributed by atoms with van der Waals surface area (Å²) in [5, 5.41) is 0. The zero-order chi connectivity index (χ0) is 18.7. The molecule has 0 aliphatic carbocycles. The van der Waals surface area contributed by atoms with E-state index in [0.717, 1.165) is 43.5 Å². The normalized spacial score (nSPS) is 19.8. The maximum Gasteiger partial charge on any atom is 0.253 e. The Labute approximate surface area is 164 Å². The van der Waals surface area contributed by atoms with E-state index < -0.39 is 0 Å². The summed E-state index contributed by atoms with van der Waals surface area (Å²) >= 11 is 3.39. The highest BCUT2D eigenvalue weighted by Crippen LogP contribution is 2.22. The Morgan fingerprint density at radius 2 is 1.50 bits per heavy atom. The lowest BCUT2D eigenvalue weighted by Gasteiger charge is -2.39. The molecule has 0 radical (unpaired) electrons. The molecule has 1 aromatic carbocycles. The molecule has 0 spiro atoms. The Kier molecular flexibility index (Phi) is 6.35. The van der Waals surface area contributed by atoms with Crippen LogP contribution in [0.4, 0.5) is 0 Å². The molecule has 2 aliphatic rings. The summed E-state index contributed by atoms with van der Waals surface area (Å²) in [6.07, 6.45) is 1.54. The molecule has 0 atom stereocenters. The van der Waals surface area contributed by atoms with Crippen LogP contribution in [-0.4, -0.2) is 71.8 Å². The van der Waals surface area contributed by atoms with Crippen LogP contribution >= 0.6 is 15.9 Å². The fraction of sp³-hybridized carbons (Fsp3) is 0.600. The van der Waals surface area contributed by atoms with Crippen molar-refractivity contribution in [3.8, 4) is 0 Å². The number of piperidine rings is 1. The molecule has 1 aromatic rings. The minimum absolute atomic E-state index is 0.0638. The van der Waals surface area contributed by atoms with Gasteiger partial charge < -0.3 is 9.80 Å². The number of halogens is 1. The van der Waals surface area contributed by atoms with E-state index in [1.165, 1.54) is 0 Å². The van der Waals surface area contributed by atoms with Gasteiger partial charge in [-0.25, -0.2) is 0 Å². The van der Waals surface area contributed by atoms with E-state index in [9.17, 15) is 9.59 Å². The van der Waals surface area contributed by atoms with Crippen molar-refractivity contribution >= 4 is 27.7 Å². The highest BCUT2D eigenvalue weighted by molar-refractivity contribution is 9.10. The van der Waals surface area contributed by atoms with Gasteiger partial charge >= 0.3 is 0 Å². The third kappa shape index (κ3) is 4.46. The van der Waals surface area contributed by atoms with Gasteiger partial charge in [0.15, 0.2) is 0 Å². The Hall–Kier alpha value is -1.40. The van der Waals surface area contributed by atoms with Crippen LogP contribution in [-0.2, 0) is 4.79 Å². The third-order valence-electron chi connectivity index (χ3n) is 5.58. The first kappa shape index (κ1) is 19.4. The monoisotopic (exact) mass is 421 g/mol. The van der Waals surface area contributed by atoms with E-state index in [1.807, 2.05) is 34.1 Å². The molecule has 26 heavy (non-hydrogen) atoms. The topological polar surface area (TPSA) is 43.9 Å². The number of rotatable bonds is 3. The molecule has 5 nitrogen and oxygen atoms in total. The van der Waals surface area contributed by atoms with Gasteiger partial charge in [-0.1, -0.05) is 15.9 Å². The lowest BCUT2D eigenvalue weighted by atomic mass is 9.94. The number of piperazine rings is 1. The quantitative estimate of drug-likeness (QED) is 0.753. The average Bonchev–Trinajstić information content (AvgIpc) is 2.67. The number of benzene rings is 1. The van der Waals surface area contributed by atoms with E-state index in [-0.39, 0.29) is 17.7 Å². The van der Waals surface area contributed by atoms with Crippen molar-refractivity contribution in [1.29, 1.82) is 0 Å². The second-order valence-corrected chi connectivity index (χ2v) is 8.44. The predicted octanol–water partition coefficient (Wildman–Crippen LogP) is 2.85. The first-order valence-electron chi connectivity index (χ1n) is 9.53. The largest absolute Gasteiger partial charge is 0.340 e. The number of amides is 2. The number of hydrogen-bond donors (Lipinski definition) is 0. The third-order valence-corrected chi connectivity index (χ3v) is 6.11. The van der Waals surface area contributed by atoms with Crippen LogP contribution < -0.4 is 0 Å². The SMILES string of the molecule is CC(C)N1CCN(C(=O)C2CCN(C(=O)c3ccc(Br)cc3)CC2)CC1. The average molecular weight is 422 g/mol. The number of likely N-dealkylation sites (tertiary alicyclic amines) is 1. The second-order valence-electron chi connectivity index (χ2n) is 7.53. The highest BCUT2D eigenvalue weighted by Gasteiger charge is 2.32. The van der Waals surface area contributed by atoms with Crippen LogP contribution in [0.3, 0.4) is 0 Å². The molecule has 0 unspecified atom stereocenters. The Balaban J connectivity index is 1.49. The maximum absolute atomic E-state index is 12.8. The Bertz CT molecular complexity index is 631. The van der Waals surface area contributed by atoms with Gasteiger partial charge in [-0.05, 0) is 51.0 Å². The zero-order valence-electron chi connectivity index (χ0n) is 15.7. The van der Waals surface area contributed by atoms with Crippen LogP contribution in [0.1, 0.15) is 37.0 Å². The van der Waals surface area contributed by atoms with Gasteiger partial charge in [0.2, 0.25) is 5.91 Å². The van der Waals surface area contributed by atoms with E-state index in [0.29, 0.717) is 24.7 Å². The molecule has 2 heterocycles.